The molecule has 1 unspecified atom stereocenters. The lowest BCUT2D eigenvalue weighted by molar-refractivity contribution is 0.0657. The van der Waals surface area contributed by atoms with Crippen LogP contribution in [0.5, 0.6) is 5.75 Å². The number of aliphatic hydroxyl groups is 1. The summed E-state index contributed by atoms with van der Waals surface area (Å²) in [6.07, 6.45) is 0.0914. The van der Waals surface area contributed by atoms with E-state index in [9.17, 15) is 5.11 Å². The first-order chi connectivity index (χ1) is 9.65. The summed E-state index contributed by atoms with van der Waals surface area (Å²) in [5.74, 6) is 1.33. The number of ether oxygens (including phenoxy) is 1. The van der Waals surface area contributed by atoms with E-state index >= 15 is 0 Å². The summed E-state index contributed by atoms with van der Waals surface area (Å²) in [6, 6.07) is 16.2. The third-order valence-electron chi connectivity index (χ3n) is 3.96. The molecule has 0 bridgehead atoms. The molecule has 2 nitrogen and oxygen atoms in total. The third kappa shape index (κ3) is 2.44. The van der Waals surface area contributed by atoms with Gasteiger partial charge in [0.1, 0.15) is 11.9 Å². The highest BCUT2D eigenvalue weighted by Crippen LogP contribution is 2.40. The second-order valence-electron chi connectivity index (χ2n) is 5.72. The predicted octanol–water partition coefficient (Wildman–Crippen LogP) is 4.37. The minimum Gasteiger partial charge on any atom is -0.485 e. The molecule has 0 saturated carbocycles. The Hall–Kier alpha value is -1.80. The first-order valence-corrected chi connectivity index (χ1v) is 7.18. The Morgan fingerprint density at radius 3 is 2.45 bits per heavy atom. The fourth-order valence-corrected chi connectivity index (χ4v) is 2.69. The minimum absolute atomic E-state index is 0.0684. The van der Waals surface area contributed by atoms with Crippen LogP contribution in [-0.2, 0) is 0 Å². The monoisotopic (exact) mass is 268 g/mol. The zero-order chi connectivity index (χ0) is 14.1. The molecule has 1 aliphatic heterocycles. The van der Waals surface area contributed by atoms with Crippen LogP contribution < -0.4 is 4.74 Å². The molecule has 0 aliphatic carbocycles. The highest BCUT2D eigenvalue weighted by atomic mass is 16.5. The molecule has 0 saturated heterocycles. The van der Waals surface area contributed by atoms with Gasteiger partial charge in [-0.1, -0.05) is 56.3 Å². The van der Waals surface area contributed by atoms with Crippen molar-refractivity contribution in [2.45, 2.75) is 38.4 Å². The van der Waals surface area contributed by atoms with Gasteiger partial charge in [0.15, 0.2) is 0 Å². The lowest BCUT2D eigenvalue weighted by atomic mass is 9.93. The van der Waals surface area contributed by atoms with Crippen LogP contribution in [0.3, 0.4) is 0 Å². The zero-order valence-electron chi connectivity index (χ0n) is 11.9. The number of hydrogen-bond donors (Lipinski definition) is 1. The summed E-state index contributed by atoms with van der Waals surface area (Å²) in [5.41, 5.74) is 3.34. The summed E-state index contributed by atoms with van der Waals surface area (Å²) in [4.78, 5) is 0. The molecule has 0 amide bonds. The minimum atomic E-state index is -0.449. The highest BCUT2D eigenvalue weighted by molar-refractivity contribution is 5.38. The zero-order valence-corrected chi connectivity index (χ0v) is 11.9. The number of hydrogen-bond acceptors (Lipinski definition) is 2. The van der Waals surface area contributed by atoms with E-state index in [2.05, 4.69) is 38.1 Å². The quantitative estimate of drug-likeness (QED) is 0.876. The maximum absolute atomic E-state index is 10.3. The summed E-state index contributed by atoms with van der Waals surface area (Å²) in [7, 11) is 0. The van der Waals surface area contributed by atoms with E-state index < -0.39 is 6.10 Å². The Morgan fingerprint density at radius 1 is 1.05 bits per heavy atom. The molecule has 0 radical (unpaired) electrons. The van der Waals surface area contributed by atoms with Gasteiger partial charge in [-0.25, -0.2) is 0 Å². The van der Waals surface area contributed by atoms with Gasteiger partial charge in [0, 0.05) is 12.0 Å². The predicted molar refractivity (Wildman–Crippen MR) is 79.9 cm³/mol. The number of fused-ring (bicyclic) bond motifs is 1. The second kappa shape index (κ2) is 5.29. The van der Waals surface area contributed by atoms with Gasteiger partial charge in [0.2, 0.25) is 0 Å². The molecule has 104 valence electrons. The van der Waals surface area contributed by atoms with Crippen molar-refractivity contribution in [2.75, 3.05) is 0 Å². The first kappa shape index (κ1) is 13.2. The van der Waals surface area contributed by atoms with E-state index in [0.717, 1.165) is 16.9 Å². The van der Waals surface area contributed by atoms with Gasteiger partial charge in [0.05, 0.1) is 6.10 Å². The summed E-state index contributed by atoms with van der Waals surface area (Å²) in [5, 5.41) is 10.3. The van der Waals surface area contributed by atoms with Crippen molar-refractivity contribution in [3.05, 3.63) is 65.2 Å². The van der Waals surface area contributed by atoms with Crippen LogP contribution in [0, 0.1) is 0 Å². The van der Waals surface area contributed by atoms with E-state index in [0.29, 0.717) is 12.3 Å². The molecule has 3 rings (SSSR count). The van der Waals surface area contributed by atoms with Crippen LogP contribution >= 0.6 is 0 Å². The first-order valence-electron chi connectivity index (χ1n) is 7.18. The van der Waals surface area contributed by atoms with Crippen molar-refractivity contribution < 1.29 is 9.84 Å². The third-order valence-corrected chi connectivity index (χ3v) is 3.96. The number of rotatable bonds is 2. The number of benzene rings is 2. The molecular weight excluding hydrogens is 248 g/mol. The largest absolute Gasteiger partial charge is 0.485 e. The van der Waals surface area contributed by atoms with Crippen molar-refractivity contribution in [1.82, 2.24) is 0 Å². The molecule has 2 aromatic rings. The molecule has 1 aliphatic rings. The Morgan fingerprint density at radius 2 is 1.75 bits per heavy atom. The topological polar surface area (TPSA) is 29.5 Å². The van der Waals surface area contributed by atoms with Gasteiger partial charge in [-0.2, -0.15) is 0 Å². The molecule has 2 heteroatoms. The summed E-state index contributed by atoms with van der Waals surface area (Å²) < 4.78 is 6.03. The second-order valence-corrected chi connectivity index (χ2v) is 5.72. The molecule has 20 heavy (non-hydrogen) atoms. The molecule has 2 atom stereocenters. The van der Waals surface area contributed by atoms with Crippen LogP contribution in [0.2, 0.25) is 0 Å². The fraction of sp³-hybridized carbons (Fsp3) is 0.333. The van der Waals surface area contributed by atoms with Crippen molar-refractivity contribution in [3.8, 4) is 5.75 Å². The van der Waals surface area contributed by atoms with E-state index in [1.807, 2.05) is 24.3 Å². The lowest BCUT2D eigenvalue weighted by Gasteiger charge is -2.30. The van der Waals surface area contributed by atoms with E-state index in [-0.39, 0.29) is 6.10 Å². The molecule has 1 N–H and O–H groups in total. The maximum atomic E-state index is 10.3. The van der Waals surface area contributed by atoms with E-state index in [1.165, 1.54) is 5.56 Å². The molecule has 2 aromatic carbocycles. The molecular formula is C18H20O2. The standard InChI is InChI=1S/C18H20O2/c1-12(2)13-7-9-14(10-8-13)18-11-16(19)15-5-3-4-6-17(15)20-18/h3-10,12,16,18-19H,11H2,1-2H3/t16-,18?/m1/s1. The SMILES string of the molecule is CC(C)c1ccc(C2C[C@@H](O)c3ccccc3O2)cc1. The van der Waals surface area contributed by atoms with Crippen molar-refractivity contribution in [1.29, 1.82) is 0 Å². The molecule has 0 fully saturated rings. The van der Waals surface area contributed by atoms with Crippen LogP contribution in [0.1, 0.15) is 55.1 Å². The van der Waals surface area contributed by atoms with E-state index in [1.54, 1.807) is 0 Å². The average Bonchev–Trinajstić information content (AvgIpc) is 2.47. The van der Waals surface area contributed by atoms with Crippen molar-refractivity contribution in [3.63, 3.8) is 0 Å². The van der Waals surface area contributed by atoms with Gasteiger partial charge >= 0.3 is 0 Å². The molecule has 1 heterocycles. The van der Waals surface area contributed by atoms with Crippen molar-refractivity contribution >= 4 is 0 Å². The van der Waals surface area contributed by atoms with Gasteiger partial charge in [-0.05, 0) is 23.1 Å². The van der Waals surface area contributed by atoms with Crippen LogP contribution in [0.25, 0.3) is 0 Å². The van der Waals surface area contributed by atoms with Crippen molar-refractivity contribution in [2.24, 2.45) is 0 Å². The van der Waals surface area contributed by atoms with Crippen LogP contribution in [-0.4, -0.2) is 5.11 Å². The Labute approximate surface area is 120 Å². The smallest absolute Gasteiger partial charge is 0.127 e. The maximum Gasteiger partial charge on any atom is 0.127 e. The summed E-state index contributed by atoms with van der Waals surface area (Å²) in [6.45, 7) is 4.37. The lowest BCUT2D eigenvalue weighted by Crippen LogP contribution is -2.18. The number of para-hydroxylation sites is 1. The fourth-order valence-electron chi connectivity index (χ4n) is 2.69. The van der Waals surface area contributed by atoms with E-state index in [4.69, 9.17) is 4.74 Å². The Balaban J connectivity index is 1.86. The normalized spacial score (nSPS) is 21.4. The van der Waals surface area contributed by atoms with Gasteiger partial charge < -0.3 is 9.84 Å². The Kier molecular flexibility index (Phi) is 3.49. The molecule has 0 spiro atoms. The summed E-state index contributed by atoms with van der Waals surface area (Å²) >= 11 is 0. The number of aliphatic hydroxyl groups excluding tert-OH is 1. The van der Waals surface area contributed by atoms with Gasteiger partial charge in [-0.15, -0.1) is 0 Å². The Bertz CT molecular complexity index is 587. The van der Waals surface area contributed by atoms with Crippen LogP contribution in [0.15, 0.2) is 48.5 Å². The van der Waals surface area contributed by atoms with Crippen LogP contribution in [0.4, 0.5) is 0 Å². The highest BCUT2D eigenvalue weighted by Gasteiger charge is 2.27. The van der Waals surface area contributed by atoms with Gasteiger partial charge in [0.25, 0.3) is 0 Å². The average molecular weight is 268 g/mol. The molecule has 0 aromatic heterocycles. The van der Waals surface area contributed by atoms with Gasteiger partial charge in [-0.3, -0.25) is 0 Å².